The van der Waals surface area contributed by atoms with E-state index in [2.05, 4.69) is 4.98 Å². The van der Waals surface area contributed by atoms with E-state index in [1.165, 1.54) is 4.57 Å². The van der Waals surface area contributed by atoms with Gasteiger partial charge in [0.25, 0.3) is 5.56 Å². The third kappa shape index (κ3) is 2.85. The van der Waals surface area contributed by atoms with Gasteiger partial charge in [0.1, 0.15) is 5.56 Å². The number of benzene rings is 1. The van der Waals surface area contributed by atoms with Crippen LogP contribution in [0.3, 0.4) is 0 Å². The summed E-state index contributed by atoms with van der Waals surface area (Å²) in [5, 5.41) is 11.1. The fraction of sp³-hybridized carbons (Fsp3) is 0.200. The van der Waals surface area contributed by atoms with Crippen LogP contribution in [0.1, 0.15) is 12.0 Å². The Kier molecular flexibility index (Phi) is 4.15. The molecule has 1 aromatic carbocycles. The van der Waals surface area contributed by atoms with E-state index in [4.69, 9.17) is 28.6 Å². The number of H-pyrrole nitrogens is 1. The van der Waals surface area contributed by atoms with Gasteiger partial charge in [-0.2, -0.15) is 0 Å². The first kappa shape index (κ1) is 15.0. The SMILES string of the molecule is O=c1[nH]c(=S)n(-c2ccc(Cl)cc2)c(O)c1C=C1CCOC1. The monoisotopic (exact) mass is 336 g/mol. The van der Waals surface area contributed by atoms with Gasteiger partial charge in [-0.25, -0.2) is 0 Å². The van der Waals surface area contributed by atoms with E-state index in [1.54, 1.807) is 30.3 Å². The highest BCUT2D eigenvalue weighted by molar-refractivity contribution is 7.71. The summed E-state index contributed by atoms with van der Waals surface area (Å²) in [6, 6.07) is 6.80. The maximum Gasteiger partial charge on any atom is 0.262 e. The van der Waals surface area contributed by atoms with E-state index < -0.39 is 5.56 Å². The minimum absolute atomic E-state index is 0.120. The fourth-order valence-corrected chi connectivity index (χ4v) is 2.71. The van der Waals surface area contributed by atoms with Gasteiger partial charge < -0.3 is 9.84 Å². The molecule has 0 atom stereocenters. The lowest BCUT2D eigenvalue weighted by molar-refractivity contribution is 0.205. The molecule has 0 bridgehead atoms. The number of aromatic nitrogens is 2. The third-order valence-corrected chi connectivity index (χ3v) is 3.95. The highest BCUT2D eigenvalue weighted by Crippen LogP contribution is 2.24. The largest absolute Gasteiger partial charge is 0.494 e. The zero-order valence-electron chi connectivity index (χ0n) is 11.5. The second kappa shape index (κ2) is 6.08. The minimum Gasteiger partial charge on any atom is -0.494 e. The number of nitrogens with zero attached hydrogens (tertiary/aromatic N) is 1. The Hall–Kier alpha value is -1.89. The van der Waals surface area contributed by atoms with E-state index in [0.29, 0.717) is 23.9 Å². The number of hydrogen-bond acceptors (Lipinski definition) is 4. The van der Waals surface area contributed by atoms with Crippen LogP contribution in [0.5, 0.6) is 5.88 Å². The lowest BCUT2D eigenvalue weighted by Gasteiger charge is -2.11. The van der Waals surface area contributed by atoms with Crippen LogP contribution in [0.4, 0.5) is 0 Å². The summed E-state index contributed by atoms with van der Waals surface area (Å²) in [7, 11) is 0. The number of rotatable bonds is 2. The predicted molar refractivity (Wildman–Crippen MR) is 87.3 cm³/mol. The van der Waals surface area contributed by atoms with Crippen molar-refractivity contribution in [3.8, 4) is 11.6 Å². The van der Waals surface area contributed by atoms with Crippen LogP contribution >= 0.6 is 23.8 Å². The number of hydrogen-bond donors (Lipinski definition) is 2. The average molecular weight is 337 g/mol. The number of aromatic amines is 1. The van der Waals surface area contributed by atoms with Crippen molar-refractivity contribution >= 4 is 29.9 Å². The van der Waals surface area contributed by atoms with Crippen LogP contribution in [-0.2, 0) is 4.74 Å². The van der Waals surface area contributed by atoms with Gasteiger partial charge in [0, 0.05) is 5.02 Å². The molecule has 2 heterocycles. The second-order valence-corrected chi connectivity index (χ2v) is 5.74. The van der Waals surface area contributed by atoms with Gasteiger partial charge in [-0.1, -0.05) is 11.6 Å². The highest BCUT2D eigenvalue weighted by atomic mass is 35.5. The van der Waals surface area contributed by atoms with Crippen molar-refractivity contribution in [3.05, 3.63) is 55.5 Å². The van der Waals surface area contributed by atoms with Crippen molar-refractivity contribution in [2.75, 3.05) is 13.2 Å². The summed E-state index contributed by atoms with van der Waals surface area (Å²) in [6.45, 7) is 1.09. The van der Waals surface area contributed by atoms with Gasteiger partial charge in [-0.05, 0) is 54.6 Å². The molecule has 22 heavy (non-hydrogen) atoms. The van der Waals surface area contributed by atoms with Gasteiger partial charge >= 0.3 is 0 Å². The Morgan fingerprint density at radius 2 is 2.09 bits per heavy atom. The van der Waals surface area contributed by atoms with Crippen molar-refractivity contribution in [2.24, 2.45) is 0 Å². The molecular formula is C15H13ClN2O3S. The molecule has 3 rings (SSSR count). The van der Waals surface area contributed by atoms with E-state index in [9.17, 15) is 9.90 Å². The topological polar surface area (TPSA) is 67.2 Å². The molecule has 0 amide bonds. The molecule has 1 aliphatic heterocycles. The number of ether oxygens (including phenoxy) is 1. The maximum atomic E-state index is 12.1. The van der Waals surface area contributed by atoms with Crippen LogP contribution in [0.25, 0.3) is 11.8 Å². The Morgan fingerprint density at radius 1 is 1.36 bits per heavy atom. The fourth-order valence-electron chi connectivity index (χ4n) is 2.29. The molecule has 1 saturated heterocycles. The van der Waals surface area contributed by atoms with Crippen molar-refractivity contribution in [1.82, 2.24) is 9.55 Å². The molecular weight excluding hydrogens is 324 g/mol. The zero-order valence-corrected chi connectivity index (χ0v) is 13.1. The van der Waals surface area contributed by atoms with Crippen molar-refractivity contribution < 1.29 is 9.84 Å². The number of halogens is 1. The molecule has 0 unspecified atom stereocenters. The molecule has 1 fully saturated rings. The van der Waals surface area contributed by atoms with E-state index in [1.807, 2.05) is 0 Å². The molecule has 0 aliphatic carbocycles. The molecule has 0 radical (unpaired) electrons. The first-order valence-electron chi connectivity index (χ1n) is 6.67. The molecule has 2 N–H and O–H groups in total. The molecule has 7 heteroatoms. The van der Waals surface area contributed by atoms with Crippen LogP contribution in [-0.4, -0.2) is 27.9 Å². The Morgan fingerprint density at radius 3 is 2.73 bits per heavy atom. The van der Waals surface area contributed by atoms with Gasteiger partial charge in [-0.15, -0.1) is 0 Å². The van der Waals surface area contributed by atoms with E-state index >= 15 is 0 Å². The van der Waals surface area contributed by atoms with E-state index in [0.717, 1.165) is 12.0 Å². The van der Waals surface area contributed by atoms with Crippen LogP contribution in [0.2, 0.25) is 5.02 Å². The Labute approximate surface area is 136 Å². The lowest BCUT2D eigenvalue weighted by atomic mass is 10.1. The molecule has 2 aromatic rings. The summed E-state index contributed by atoms with van der Waals surface area (Å²) in [6.07, 6.45) is 2.40. The predicted octanol–water partition coefficient (Wildman–Crippen LogP) is 3.06. The third-order valence-electron chi connectivity index (χ3n) is 3.41. The quantitative estimate of drug-likeness (QED) is 0.827. The second-order valence-electron chi connectivity index (χ2n) is 4.91. The maximum absolute atomic E-state index is 12.1. The number of aromatic hydroxyl groups is 1. The molecule has 1 aromatic heterocycles. The smallest absolute Gasteiger partial charge is 0.262 e. The highest BCUT2D eigenvalue weighted by Gasteiger charge is 2.15. The van der Waals surface area contributed by atoms with Gasteiger partial charge in [-0.3, -0.25) is 14.3 Å². The van der Waals surface area contributed by atoms with Gasteiger partial charge in [0.15, 0.2) is 4.77 Å². The summed E-state index contributed by atoms with van der Waals surface area (Å²) in [5.41, 5.74) is 1.32. The number of nitrogens with one attached hydrogen (secondary N) is 1. The molecule has 5 nitrogen and oxygen atoms in total. The molecule has 114 valence electrons. The standard InChI is InChI=1S/C15H13ClN2O3S/c16-10-1-3-11(4-2-10)18-14(20)12(13(19)17-15(18)22)7-9-5-6-21-8-9/h1-4,7,20H,5-6,8H2,(H,17,19,22). The molecule has 1 aliphatic rings. The first-order chi connectivity index (χ1) is 10.6. The van der Waals surface area contributed by atoms with Crippen molar-refractivity contribution in [3.63, 3.8) is 0 Å². The van der Waals surface area contributed by atoms with Crippen LogP contribution in [0, 0.1) is 4.77 Å². The van der Waals surface area contributed by atoms with E-state index in [-0.39, 0.29) is 16.2 Å². The van der Waals surface area contributed by atoms with Gasteiger partial charge in [0.05, 0.1) is 18.9 Å². The summed E-state index contributed by atoms with van der Waals surface area (Å²) >= 11 is 11.0. The lowest BCUT2D eigenvalue weighted by Crippen LogP contribution is -2.16. The zero-order chi connectivity index (χ0) is 15.7. The summed E-state index contributed by atoms with van der Waals surface area (Å²) in [5.74, 6) is -0.199. The average Bonchev–Trinajstić information content (AvgIpc) is 2.98. The molecule has 0 spiro atoms. The van der Waals surface area contributed by atoms with Gasteiger partial charge in [0.2, 0.25) is 5.88 Å². The summed E-state index contributed by atoms with van der Waals surface area (Å²) < 4.78 is 6.77. The van der Waals surface area contributed by atoms with Crippen molar-refractivity contribution in [1.29, 1.82) is 0 Å². The Balaban J connectivity index is 2.19. The van der Waals surface area contributed by atoms with Crippen LogP contribution < -0.4 is 5.56 Å². The first-order valence-corrected chi connectivity index (χ1v) is 7.46. The summed E-state index contributed by atoms with van der Waals surface area (Å²) in [4.78, 5) is 14.7. The molecule has 0 saturated carbocycles. The minimum atomic E-state index is -0.424. The van der Waals surface area contributed by atoms with Crippen LogP contribution in [0.15, 0.2) is 34.6 Å². The van der Waals surface area contributed by atoms with Crippen molar-refractivity contribution in [2.45, 2.75) is 6.42 Å². The normalized spacial score (nSPS) is 16.3. The Bertz CT molecular complexity index is 845.